The highest BCUT2D eigenvalue weighted by atomic mass is 31.2. The van der Waals surface area contributed by atoms with Gasteiger partial charge in [-0.1, -0.05) is 18.2 Å². The predicted octanol–water partition coefficient (Wildman–Crippen LogP) is 2.07. The third-order valence-electron chi connectivity index (χ3n) is 5.01. The quantitative estimate of drug-likeness (QED) is 0.183. The molecule has 13 nitrogen and oxygen atoms in total. The van der Waals surface area contributed by atoms with E-state index in [1.54, 1.807) is 37.5 Å². The first kappa shape index (κ1) is 28.6. The minimum Gasteiger partial charge on any atom is -0.462 e. The molecule has 0 bridgehead atoms. The molecule has 204 valence electrons. The van der Waals surface area contributed by atoms with E-state index in [0.29, 0.717) is 4.57 Å². The Labute approximate surface area is 209 Å². The molecular formula is C21H27F2N4O9P. The number of aromatic nitrogens is 2. The van der Waals surface area contributed by atoms with Crippen molar-refractivity contribution in [2.24, 2.45) is 0 Å². The summed E-state index contributed by atoms with van der Waals surface area (Å²) in [5, 5.41) is 21.4. The van der Waals surface area contributed by atoms with Crippen molar-refractivity contribution in [1.82, 2.24) is 14.6 Å². The molecule has 2 aromatic rings. The first-order chi connectivity index (χ1) is 17.4. The third kappa shape index (κ3) is 6.89. The highest BCUT2D eigenvalue weighted by Gasteiger charge is 2.60. The topological polar surface area (TPSA) is 170 Å². The van der Waals surface area contributed by atoms with Crippen LogP contribution in [0.3, 0.4) is 0 Å². The van der Waals surface area contributed by atoms with Gasteiger partial charge in [0.05, 0.1) is 12.7 Å². The van der Waals surface area contributed by atoms with Gasteiger partial charge in [0.25, 0.3) is 0 Å². The molecule has 0 amide bonds. The number of carbonyl (C=O) groups is 1. The van der Waals surface area contributed by atoms with Crippen molar-refractivity contribution >= 4 is 19.5 Å². The minimum atomic E-state index is -4.43. The molecule has 2 heterocycles. The fraction of sp³-hybridized carbons (Fsp3) is 0.476. The first-order valence-corrected chi connectivity index (χ1v) is 12.6. The van der Waals surface area contributed by atoms with Gasteiger partial charge in [0.2, 0.25) is 6.23 Å². The van der Waals surface area contributed by atoms with Gasteiger partial charge in [0.15, 0.2) is 11.9 Å². The van der Waals surface area contributed by atoms with Crippen LogP contribution < -0.4 is 20.8 Å². The lowest BCUT2D eigenvalue weighted by molar-refractivity contribution is -0.149. The number of nitrogens with zero attached hydrogens (tertiary/aromatic N) is 2. The van der Waals surface area contributed by atoms with Gasteiger partial charge in [-0.05, 0) is 39.0 Å². The molecule has 4 N–H and O–H groups in total. The number of halogens is 2. The number of nitrogens with one attached hydrogen (secondary N) is 2. The highest BCUT2D eigenvalue weighted by Crippen LogP contribution is 2.48. The normalized spacial score (nSPS) is 23.3. The Kier molecular flexibility index (Phi) is 9.00. The Bertz CT molecular complexity index is 1180. The Hall–Kier alpha value is -2.94. The van der Waals surface area contributed by atoms with Crippen LogP contribution in [0.1, 0.15) is 27.0 Å². The number of aliphatic hydroxyl groups excluding tert-OH is 1. The fourth-order valence-electron chi connectivity index (χ4n) is 3.27. The average molecular weight is 548 g/mol. The van der Waals surface area contributed by atoms with E-state index in [-0.39, 0.29) is 11.6 Å². The lowest BCUT2D eigenvalue weighted by Crippen LogP contribution is -2.42. The second kappa shape index (κ2) is 11.6. The Morgan fingerprint density at radius 2 is 1.95 bits per heavy atom. The van der Waals surface area contributed by atoms with Gasteiger partial charge in [0.1, 0.15) is 17.9 Å². The summed E-state index contributed by atoms with van der Waals surface area (Å²) in [5.41, 5.74) is 0.408. The molecular weight excluding hydrogens is 521 g/mol. The maximum absolute atomic E-state index is 14.8. The molecule has 3 rings (SSSR count). The van der Waals surface area contributed by atoms with Crippen LogP contribution in [-0.2, 0) is 23.4 Å². The van der Waals surface area contributed by atoms with E-state index < -0.39 is 62.5 Å². The molecule has 1 aliphatic rings. The Morgan fingerprint density at radius 1 is 1.27 bits per heavy atom. The number of anilines is 1. The van der Waals surface area contributed by atoms with Crippen LogP contribution in [-0.4, -0.2) is 62.7 Å². The van der Waals surface area contributed by atoms with Crippen molar-refractivity contribution in [3.05, 3.63) is 53.1 Å². The van der Waals surface area contributed by atoms with Crippen LogP contribution in [0.25, 0.3) is 0 Å². The van der Waals surface area contributed by atoms with Gasteiger partial charge in [0, 0.05) is 6.20 Å². The van der Waals surface area contributed by atoms with Crippen molar-refractivity contribution in [2.75, 3.05) is 12.1 Å². The smallest absolute Gasteiger partial charge is 0.459 e. The number of esters is 1. The van der Waals surface area contributed by atoms with Gasteiger partial charge < -0.3 is 19.1 Å². The standard InChI is InChI=1S/C21H27F2N4O9P/c1-12(2)34-18(29)13(3)26-37(32,36-14-7-5-4-6-8-14)33-11-15-17(28)21(22,23)19(35-15)27-10-9-16(25-31)24-20(27)30/h4-10,12-13,15,17,19,28,31H,11H2,1-3H3,(H,26,32)(H,24,25,30)/t13-,15+,17-,19+,37?/m0/s1. The van der Waals surface area contributed by atoms with E-state index in [4.69, 9.17) is 23.7 Å². The van der Waals surface area contributed by atoms with Crippen LogP contribution in [0, 0.1) is 0 Å². The van der Waals surface area contributed by atoms with E-state index >= 15 is 0 Å². The summed E-state index contributed by atoms with van der Waals surface area (Å²) in [6, 6.07) is 7.56. The molecule has 1 unspecified atom stereocenters. The number of ether oxygens (including phenoxy) is 2. The number of benzene rings is 1. The molecule has 0 radical (unpaired) electrons. The van der Waals surface area contributed by atoms with Crippen molar-refractivity contribution in [3.8, 4) is 5.75 Å². The first-order valence-electron chi connectivity index (χ1n) is 11.0. The summed E-state index contributed by atoms with van der Waals surface area (Å²) >= 11 is 0. The van der Waals surface area contributed by atoms with Crippen LogP contribution in [0.15, 0.2) is 47.4 Å². The second-order valence-corrected chi connectivity index (χ2v) is 9.99. The number of para-hydroxylation sites is 1. The van der Waals surface area contributed by atoms with Gasteiger partial charge in [-0.25, -0.2) is 9.36 Å². The van der Waals surface area contributed by atoms with E-state index in [9.17, 15) is 28.0 Å². The number of hydrogen-bond donors (Lipinski definition) is 4. The van der Waals surface area contributed by atoms with Gasteiger partial charge in [-0.15, -0.1) is 0 Å². The van der Waals surface area contributed by atoms with Crippen molar-refractivity contribution in [1.29, 1.82) is 0 Å². The molecule has 1 saturated heterocycles. The zero-order valence-electron chi connectivity index (χ0n) is 20.0. The molecule has 0 spiro atoms. The number of aliphatic hydroxyl groups is 1. The summed E-state index contributed by atoms with van der Waals surface area (Å²) in [6.45, 7) is 3.69. The van der Waals surface area contributed by atoms with Crippen LogP contribution in [0.2, 0.25) is 0 Å². The molecule has 16 heteroatoms. The summed E-state index contributed by atoms with van der Waals surface area (Å²) in [4.78, 5) is 27.7. The van der Waals surface area contributed by atoms with Crippen molar-refractivity contribution < 1.29 is 47.0 Å². The summed E-state index contributed by atoms with van der Waals surface area (Å²) in [7, 11) is -4.43. The Morgan fingerprint density at radius 3 is 2.54 bits per heavy atom. The van der Waals surface area contributed by atoms with Crippen LogP contribution >= 0.6 is 7.75 Å². The third-order valence-corrected chi connectivity index (χ3v) is 6.66. The minimum absolute atomic E-state index is 0.0778. The number of alkyl halides is 2. The van der Waals surface area contributed by atoms with Crippen molar-refractivity contribution in [2.45, 2.75) is 57.3 Å². The summed E-state index contributed by atoms with van der Waals surface area (Å²) < 4.78 is 64.6. The zero-order valence-corrected chi connectivity index (χ0v) is 20.9. The maximum Gasteiger partial charge on any atom is 0.459 e. The monoisotopic (exact) mass is 548 g/mol. The summed E-state index contributed by atoms with van der Waals surface area (Å²) in [5.74, 6) is -4.97. The molecule has 37 heavy (non-hydrogen) atoms. The van der Waals surface area contributed by atoms with Crippen LogP contribution in [0.5, 0.6) is 5.75 Å². The van der Waals surface area contributed by atoms with Crippen molar-refractivity contribution in [3.63, 3.8) is 0 Å². The van der Waals surface area contributed by atoms with Crippen LogP contribution in [0.4, 0.5) is 14.6 Å². The predicted molar refractivity (Wildman–Crippen MR) is 123 cm³/mol. The molecule has 0 saturated carbocycles. The van der Waals surface area contributed by atoms with E-state index in [1.165, 1.54) is 19.1 Å². The molecule has 5 atom stereocenters. The molecule has 0 aliphatic carbocycles. The van der Waals surface area contributed by atoms with E-state index in [1.807, 2.05) is 0 Å². The second-order valence-electron chi connectivity index (χ2n) is 8.29. The lowest BCUT2D eigenvalue weighted by Gasteiger charge is -2.25. The molecule has 1 fully saturated rings. The van der Waals surface area contributed by atoms with Gasteiger partial charge >= 0.3 is 25.3 Å². The van der Waals surface area contributed by atoms with E-state index in [2.05, 4.69) is 10.1 Å². The van der Waals surface area contributed by atoms with Gasteiger partial charge in [-0.2, -0.15) is 18.9 Å². The fourth-order valence-corrected chi connectivity index (χ4v) is 4.77. The lowest BCUT2D eigenvalue weighted by atomic mass is 10.1. The summed E-state index contributed by atoms with van der Waals surface area (Å²) in [6.07, 6.45) is -6.11. The number of rotatable bonds is 11. The largest absolute Gasteiger partial charge is 0.462 e. The van der Waals surface area contributed by atoms with E-state index in [0.717, 1.165) is 12.3 Å². The number of carbonyl (C=O) groups excluding carboxylic acids is 1. The van der Waals surface area contributed by atoms with Gasteiger partial charge in [-0.3, -0.25) is 24.6 Å². The maximum atomic E-state index is 14.8. The average Bonchev–Trinajstić information content (AvgIpc) is 3.06. The Balaban J connectivity index is 1.79. The zero-order chi connectivity index (χ0) is 27.4. The number of hydrogen-bond acceptors (Lipinski definition) is 11. The molecule has 1 aromatic carbocycles. The SMILES string of the molecule is CC(C)OC(=O)[C@H](C)NP(=O)(OC[C@H]1O[C@@H](n2ccc(NO)nc2=O)C(F)(F)[C@H]1O)Oc1ccccc1. The molecule has 1 aromatic heterocycles. The highest BCUT2D eigenvalue weighted by molar-refractivity contribution is 7.52. The molecule has 1 aliphatic heterocycles.